The van der Waals surface area contributed by atoms with Crippen molar-refractivity contribution in [3.63, 3.8) is 0 Å². The summed E-state index contributed by atoms with van der Waals surface area (Å²) in [5.74, 6) is -0.164. The average molecular weight is 378 g/mol. The Hall–Kier alpha value is -2.15. The van der Waals surface area contributed by atoms with Gasteiger partial charge in [0.25, 0.3) is 0 Å². The maximum atomic E-state index is 12.6. The number of pyridine rings is 1. The molecule has 1 atom stereocenters. The molecule has 0 saturated heterocycles. The fraction of sp³-hybridized carbons (Fsp3) is 0.312. The average Bonchev–Trinajstić information content (AvgIpc) is 2.61. The second-order valence-corrected chi connectivity index (χ2v) is 7.81. The second kappa shape index (κ2) is 8.80. The number of nitrogens with zero attached hydrogens (tertiary/aromatic N) is 2. The van der Waals surface area contributed by atoms with Crippen LogP contribution in [0.2, 0.25) is 0 Å². The number of thioether (sulfide) groups is 1. The molecule has 1 amide bonds. The number of carbonyl (C=O) groups is 1. The summed E-state index contributed by atoms with van der Waals surface area (Å²) in [5.41, 5.74) is 0.691. The van der Waals surface area contributed by atoms with Gasteiger partial charge in [0.15, 0.2) is 0 Å². The minimum Gasteiger partial charge on any atom is -0.354 e. The topological polar surface area (TPSA) is 112 Å². The van der Waals surface area contributed by atoms with Crippen LogP contribution in [-0.4, -0.2) is 43.9 Å². The minimum atomic E-state index is -3.87. The van der Waals surface area contributed by atoms with Crippen molar-refractivity contribution in [1.82, 2.24) is 15.0 Å². The molecule has 2 rings (SSSR count). The third-order valence-corrected chi connectivity index (χ3v) is 5.50. The largest absolute Gasteiger partial charge is 0.354 e. The van der Waals surface area contributed by atoms with Crippen molar-refractivity contribution in [3.8, 4) is 6.07 Å². The molecule has 7 nitrogen and oxygen atoms in total. The summed E-state index contributed by atoms with van der Waals surface area (Å²) in [7, 11) is -3.87. The quantitative estimate of drug-likeness (QED) is 0.669. The molecule has 1 unspecified atom stereocenters. The zero-order valence-electron chi connectivity index (χ0n) is 13.6. The fourth-order valence-electron chi connectivity index (χ4n) is 2.17. The number of nitrogens with one attached hydrogen (secondary N) is 2. The van der Waals surface area contributed by atoms with E-state index in [4.69, 9.17) is 5.26 Å². The number of hydrogen-bond donors (Lipinski definition) is 2. The van der Waals surface area contributed by atoms with Crippen molar-refractivity contribution in [3.05, 3.63) is 36.5 Å². The number of benzene rings is 1. The van der Waals surface area contributed by atoms with Gasteiger partial charge in [0.05, 0.1) is 22.9 Å². The molecule has 9 heteroatoms. The van der Waals surface area contributed by atoms with Crippen molar-refractivity contribution in [1.29, 1.82) is 5.26 Å². The fourth-order valence-corrected chi connectivity index (χ4v) is 4.07. The summed E-state index contributed by atoms with van der Waals surface area (Å²) in [5, 5.41) is 11.8. The Bertz CT molecular complexity index is 894. The van der Waals surface area contributed by atoms with E-state index in [1.165, 1.54) is 23.9 Å². The van der Waals surface area contributed by atoms with Gasteiger partial charge in [-0.1, -0.05) is 6.07 Å². The molecule has 2 aromatic rings. The lowest BCUT2D eigenvalue weighted by Crippen LogP contribution is -2.48. The van der Waals surface area contributed by atoms with Gasteiger partial charge in [-0.05, 0) is 30.5 Å². The molecule has 1 aromatic carbocycles. The van der Waals surface area contributed by atoms with Gasteiger partial charge in [-0.2, -0.15) is 21.7 Å². The van der Waals surface area contributed by atoms with Gasteiger partial charge < -0.3 is 5.32 Å². The molecule has 0 spiro atoms. The molecular formula is C16H18N4O3S2. The van der Waals surface area contributed by atoms with Crippen LogP contribution in [0.15, 0.2) is 41.4 Å². The Morgan fingerprint density at radius 3 is 2.92 bits per heavy atom. The number of sulfonamides is 1. The third-order valence-electron chi connectivity index (χ3n) is 3.37. The summed E-state index contributed by atoms with van der Waals surface area (Å²) in [4.78, 5) is 16.4. The van der Waals surface area contributed by atoms with E-state index in [1.54, 1.807) is 30.7 Å². The molecule has 0 aliphatic rings. The van der Waals surface area contributed by atoms with E-state index in [9.17, 15) is 13.2 Å². The molecule has 1 aromatic heterocycles. The molecule has 132 valence electrons. The number of aromatic nitrogens is 1. The monoisotopic (exact) mass is 378 g/mol. The Labute approximate surface area is 150 Å². The van der Waals surface area contributed by atoms with E-state index in [0.29, 0.717) is 10.9 Å². The number of rotatable bonds is 8. The van der Waals surface area contributed by atoms with Gasteiger partial charge in [0, 0.05) is 23.9 Å². The smallest absolute Gasteiger partial charge is 0.241 e. The van der Waals surface area contributed by atoms with E-state index in [2.05, 4.69) is 15.0 Å². The molecule has 0 aliphatic carbocycles. The molecule has 1 heterocycles. The second-order valence-electron chi connectivity index (χ2n) is 5.19. The minimum absolute atomic E-state index is 0.0731. The van der Waals surface area contributed by atoms with Crippen LogP contribution in [0.5, 0.6) is 0 Å². The highest BCUT2D eigenvalue weighted by Gasteiger charge is 2.25. The Kier molecular flexibility index (Phi) is 6.75. The summed E-state index contributed by atoms with van der Waals surface area (Å²) in [6, 6.07) is 9.12. The van der Waals surface area contributed by atoms with Gasteiger partial charge in [-0.25, -0.2) is 8.42 Å². The summed E-state index contributed by atoms with van der Waals surface area (Å²) in [6.07, 6.45) is 3.59. The first-order valence-electron chi connectivity index (χ1n) is 7.48. The number of hydrogen-bond acceptors (Lipinski definition) is 6. The summed E-state index contributed by atoms with van der Waals surface area (Å²) < 4.78 is 27.7. The van der Waals surface area contributed by atoms with Crippen LogP contribution < -0.4 is 10.0 Å². The van der Waals surface area contributed by atoms with Crippen molar-refractivity contribution >= 4 is 38.6 Å². The molecule has 0 aliphatic heterocycles. The molecule has 2 N–H and O–H groups in total. The zero-order chi connectivity index (χ0) is 18.3. The van der Waals surface area contributed by atoms with Crippen molar-refractivity contribution in [2.75, 3.05) is 18.6 Å². The lowest BCUT2D eigenvalue weighted by molar-refractivity contribution is -0.122. The molecule has 0 radical (unpaired) electrons. The van der Waals surface area contributed by atoms with Crippen LogP contribution in [0.3, 0.4) is 0 Å². The van der Waals surface area contributed by atoms with E-state index in [-0.39, 0.29) is 23.6 Å². The third kappa shape index (κ3) is 5.16. The van der Waals surface area contributed by atoms with E-state index in [0.717, 1.165) is 0 Å². The normalized spacial score (nSPS) is 12.5. The van der Waals surface area contributed by atoms with Gasteiger partial charge in [0.2, 0.25) is 15.9 Å². The van der Waals surface area contributed by atoms with Crippen LogP contribution in [0.25, 0.3) is 10.9 Å². The Morgan fingerprint density at radius 2 is 2.20 bits per heavy atom. The molecule has 0 bridgehead atoms. The first kappa shape index (κ1) is 19.2. The standard InChI is InChI=1S/C16H18N4O3S2/c1-24-11-15(16(21)19-9-3-7-17)20-25(22,23)13-5-6-14-12(10-13)4-2-8-18-14/h2,4-6,8,10,15,20H,3,9,11H2,1H3,(H,19,21). The highest BCUT2D eigenvalue weighted by molar-refractivity contribution is 7.98. The lowest BCUT2D eigenvalue weighted by atomic mass is 10.2. The van der Waals surface area contributed by atoms with E-state index in [1.807, 2.05) is 6.07 Å². The SMILES string of the molecule is CSCC(NS(=O)(=O)c1ccc2ncccc2c1)C(=O)NCCC#N. The highest BCUT2D eigenvalue weighted by Crippen LogP contribution is 2.17. The number of fused-ring (bicyclic) bond motifs is 1. The van der Waals surface area contributed by atoms with Gasteiger partial charge >= 0.3 is 0 Å². The first-order valence-corrected chi connectivity index (χ1v) is 10.4. The highest BCUT2D eigenvalue weighted by atomic mass is 32.2. The van der Waals surface area contributed by atoms with Crippen LogP contribution >= 0.6 is 11.8 Å². The maximum absolute atomic E-state index is 12.6. The van der Waals surface area contributed by atoms with Crippen molar-refractivity contribution in [2.45, 2.75) is 17.4 Å². The molecule has 0 saturated carbocycles. The predicted molar refractivity (Wildman–Crippen MR) is 97.5 cm³/mol. The molecule has 0 fully saturated rings. The van der Waals surface area contributed by atoms with E-state index < -0.39 is 22.0 Å². The first-order chi connectivity index (χ1) is 12.0. The number of carbonyl (C=O) groups excluding carboxylic acids is 1. The lowest BCUT2D eigenvalue weighted by Gasteiger charge is -2.17. The van der Waals surface area contributed by atoms with Crippen LogP contribution in [0, 0.1) is 11.3 Å². The Morgan fingerprint density at radius 1 is 1.40 bits per heavy atom. The predicted octanol–water partition coefficient (Wildman–Crippen LogP) is 1.27. The van der Waals surface area contributed by atoms with Crippen LogP contribution in [0.1, 0.15) is 6.42 Å². The summed E-state index contributed by atoms with van der Waals surface area (Å²) in [6.45, 7) is 0.184. The Balaban J connectivity index is 2.20. The maximum Gasteiger partial charge on any atom is 0.241 e. The van der Waals surface area contributed by atoms with Crippen molar-refractivity contribution < 1.29 is 13.2 Å². The van der Waals surface area contributed by atoms with Gasteiger partial charge in [-0.15, -0.1) is 0 Å². The number of amides is 1. The molecular weight excluding hydrogens is 360 g/mol. The van der Waals surface area contributed by atoms with Crippen LogP contribution in [0.4, 0.5) is 0 Å². The number of nitriles is 1. The van der Waals surface area contributed by atoms with E-state index >= 15 is 0 Å². The zero-order valence-corrected chi connectivity index (χ0v) is 15.2. The molecule has 25 heavy (non-hydrogen) atoms. The van der Waals surface area contributed by atoms with Crippen LogP contribution in [-0.2, 0) is 14.8 Å². The summed E-state index contributed by atoms with van der Waals surface area (Å²) >= 11 is 1.35. The van der Waals surface area contributed by atoms with Gasteiger partial charge in [-0.3, -0.25) is 9.78 Å². The van der Waals surface area contributed by atoms with Crippen molar-refractivity contribution in [2.24, 2.45) is 0 Å². The van der Waals surface area contributed by atoms with Gasteiger partial charge in [0.1, 0.15) is 6.04 Å².